The van der Waals surface area contributed by atoms with E-state index in [1.54, 1.807) is 0 Å². The van der Waals surface area contributed by atoms with Gasteiger partial charge in [0.15, 0.2) is 0 Å². The van der Waals surface area contributed by atoms with Crippen molar-refractivity contribution in [1.29, 1.82) is 0 Å². The summed E-state index contributed by atoms with van der Waals surface area (Å²) in [5.74, 6) is 0.845. The van der Waals surface area contributed by atoms with E-state index >= 15 is 0 Å². The van der Waals surface area contributed by atoms with Crippen LogP contribution in [0.1, 0.15) is 77.6 Å². The lowest BCUT2D eigenvalue weighted by molar-refractivity contribution is -0.129. The number of carbonyl (C=O) groups is 1. The number of carbonyl (C=O) groups excluding carboxylic acids is 1. The van der Waals surface area contributed by atoms with Crippen LogP contribution in [0.5, 0.6) is 0 Å². The summed E-state index contributed by atoms with van der Waals surface area (Å²) in [7, 11) is 0. The lowest BCUT2D eigenvalue weighted by Gasteiger charge is -2.41. The number of ether oxygens (including phenoxy) is 2. The van der Waals surface area contributed by atoms with Crippen LogP contribution in [-0.2, 0) is 14.3 Å². The fourth-order valence-corrected chi connectivity index (χ4v) is 5.06. The number of nitrogens with zero attached hydrogens (tertiary/aromatic N) is 1. The summed E-state index contributed by atoms with van der Waals surface area (Å²) in [5.41, 5.74) is 0. The third kappa shape index (κ3) is 7.03. The molecule has 0 aromatic heterocycles. The van der Waals surface area contributed by atoms with Crippen molar-refractivity contribution in [1.82, 2.24) is 10.2 Å². The highest BCUT2D eigenvalue weighted by Gasteiger charge is 2.29. The maximum absolute atomic E-state index is 12.2. The Balaban J connectivity index is 1.28. The zero-order chi connectivity index (χ0) is 18.9. The molecule has 1 N–H and O–H groups in total. The maximum atomic E-state index is 12.2. The predicted octanol–water partition coefficient (Wildman–Crippen LogP) is 3.51. The topological polar surface area (TPSA) is 50.8 Å². The van der Waals surface area contributed by atoms with Gasteiger partial charge in [0.25, 0.3) is 0 Å². The monoisotopic (exact) mass is 380 g/mol. The lowest BCUT2D eigenvalue weighted by Crippen LogP contribution is -2.49. The molecule has 0 aromatic rings. The Morgan fingerprint density at radius 2 is 1.67 bits per heavy atom. The van der Waals surface area contributed by atoms with Gasteiger partial charge in [0.2, 0.25) is 5.91 Å². The third-order valence-electron chi connectivity index (χ3n) is 6.79. The second kappa shape index (κ2) is 11.4. The van der Waals surface area contributed by atoms with Gasteiger partial charge >= 0.3 is 0 Å². The molecule has 5 nitrogen and oxygen atoms in total. The molecule has 1 heterocycles. The van der Waals surface area contributed by atoms with Crippen LogP contribution >= 0.6 is 0 Å². The average Bonchev–Trinajstić information content (AvgIpc) is 2.72. The molecule has 5 heteroatoms. The Labute approximate surface area is 165 Å². The first-order valence-electron chi connectivity index (χ1n) is 11.5. The summed E-state index contributed by atoms with van der Waals surface area (Å²) in [4.78, 5) is 14.9. The largest absolute Gasteiger partial charge is 0.381 e. The van der Waals surface area contributed by atoms with E-state index in [-0.39, 0.29) is 12.5 Å². The molecule has 0 atom stereocenters. The third-order valence-corrected chi connectivity index (χ3v) is 6.79. The van der Waals surface area contributed by atoms with Crippen LogP contribution in [0.25, 0.3) is 0 Å². The Hall–Kier alpha value is -0.650. The molecule has 2 saturated carbocycles. The number of rotatable bonds is 8. The van der Waals surface area contributed by atoms with Gasteiger partial charge < -0.3 is 19.7 Å². The van der Waals surface area contributed by atoms with Crippen molar-refractivity contribution in [2.24, 2.45) is 5.92 Å². The molecule has 27 heavy (non-hydrogen) atoms. The Kier molecular flexibility index (Phi) is 8.88. The van der Waals surface area contributed by atoms with E-state index in [0.29, 0.717) is 12.1 Å². The predicted molar refractivity (Wildman–Crippen MR) is 108 cm³/mol. The smallest absolute Gasteiger partial charge is 0.246 e. The van der Waals surface area contributed by atoms with E-state index in [1.807, 2.05) is 0 Å². The van der Waals surface area contributed by atoms with E-state index < -0.39 is 0 Å². The number of hydrogen-bond acceptors (Lipinski definition) is 4. The molecule has 0 unspecified atom stereocenters. The van der Waals surface area contributed by atoms with Crippen LogP contribution in [0.3, 0.4) is 0 Å². The van der Waals surface area contributed by atoms with Gasteiger partial charge in [-0.3, -0.25) is 4.79 Å². The number of piperidine rings is 1. The molecule has 3 rings (SSSR count). The molecule has 0 radical (unpaired) electrons. The normalized spacial score (nSPS) is 28.9. The van der Waals surface area contributed by atoms with Gasteiger partial charge in [0, 0.05) is 38.4 Å². The minimum Gasteiger partial charge on any atom is -0.381 e. The molecule has 3 fully saturated rings. The summed E-state index contributed by atoms with van der Waals surface area (Å²) in [6, 6.07) is 1.08. The van der Waals surface area contributed by atoms with Gasteiger partial charge in [0.1, 0.15) is 6.61 Å². The molecule has 1 saturated heterocycles. The molecular formula is C22H40N2O3. The average molecular weight is 381 g/mol. The Morgan fingerprint density at radius 1 is 0.963 bits per heavy atom. The molecule has 3 aliphatic rings. The second-order valence-corrected chi connectivity index (χ2v) is 8.78. The van der Waals surface area contributed by atoms with Crippen LogP contribution in [0.4, 0.5) is 0 Å². The Morgan fingerprint density at radius 3 is 2.33 bits per heavy atom. The van der Waals surface area contributed by atoms with E-state index in [0.717, 1.165) is 63.9 Å². The van der Waals surface area contributed by atoms with E-state index in [4.69, 9.17) is 9.47 Å². The van der Waals surface area contributed by atoms with E-state index in [9.17, 15) is 4.79 Å². The molecule has 0 aromatic carbocycles. The zero-order valence-electron chi connectivity index (χ0n) is 17.3. The summed E-state index contributed by atoms with van der Waals surface area (Å²) in [6.07, 6.45) is 13.8. The van der Waals surface area contributed by atoms with E-state index in [2.05, 4.69) is 17.1 Å². The number of likely N-dealkylation sites (tertiary alicyclic amines) is 1. The second-order valence-electron chi connectivity index (χ2n) is 8.78. The van der Waals surface area contributed by atoms with Gasteiger partial charge in [0.05, 0.1) is 6.10 Å². The van der Waals surface area contributed by atoms with Crippen LogP contribution in [0.15, 0.2) is 0 Å². The minimum atomic E-state index is 0.0791. The molecule has 0 spiro atoms. The van der Waals surface area contributed by atoms with Gasteiger partial charge in [-0.05, 0) is 64.2 Å². The summed E-state index contributed by atoms with van der Waals surface area (Å²) >= 11 is 0. The summed E-state index contributed by atoms with van der Waals surface area (Å²) < 4.78 is 11.4. The molecule has 0 bridgehead atoms. The first-order chi connectivity index (χ1) is 13.2. The minimum absolute atomic E-state index is 0.0791. The first kappa shape index (κ1) is 21.1. The van der Waals surface area contributed by atoms with Crippen molar-refractivity contribution in [3.05, 3.63) is 0 Å². The number of nitrogens with one attached hydrogen (secondary N) is 1. The van der Waals surface area contributed by atoms with Crippen molar-refractivity contribution in [2.75, 3.05) is 32.9 Å². The van der Waals surface area contributed by atoms with Gasteiger partial charge in [-0.2, -0.15) is 0 Å². The van der Waals surface area contributed by atoms with Gasteiger partial charge in [-0.25, -0.2) is 0 Å². The maximum Gasteiger partial charge on any atom is 0.246 e. The molecule has 1 aliphatic heterocycles. The first-order valence-corrected chi connectivity index (χ1v) is 11.5. The van der Waals surface area contributed by atoms with Gasteiger partial charge in [-0.15, -0.1) is 0 Å². The Bertz CT molecular complexity index is 423. The summed E-state index contributed by atoms with van der Waals surface area (Å²) in [6.45, 7) is 6.35. The number of hydrogen-bond donors (Lipinski definition) is 1. The molecule has 156 valence electrons. The molecule has 2 aliphatic carbocycles. The summed E-state index contributed by atoms with van der Waals surface area (Å²) in [5, 5.41) is 3.21. The lowest BCUT2D eigenvalue weighted by atomic mass is 9.85. The fourth-order valence-electron chi connectivity index (χ4n) is 5.06. The molecule has 1 amide bonds. The van der Waals surface area contributed by atoms with E-state index in [1.165, 1.54) is 44.9 Å². The zero-order valence-corrected chi connectivity index (χ0v) is 17.3. The van der Waals surface area contributed by atoms with Crippen LogP contribution in [0, 0.1) is 5.92 Å². The van der Waals surface area contributed by atoms with Crippen LogP contribution < -0.4 is 5.32 Å². The fraction of sp³-hybridized carbons (Fsp3) is 0.955. The standard InChI is InChI=1S/C22H40N2O3/c1-2-26-16-18-8-10-20(11-9-18)24-14-12-19(13-15-24)23-22(25)17-27-21-6-4-3-5-7-21/h18-21H,2-17H2,1H3,(H,23,25). The highest BCUT2D eigenvalue weighted by molar-refractivity contribution is 5.77. The highest BCUT2D eigenvalue weighted by Crippen LogP contribution is 2.29. The van der Waals surface area contributed by atoms with Gasteiger partial charge in [-0.1, -0.05) is 19.3 Å². The number of amides is 1. The van der Waals surface area contributed by atoms with Crippen molar-refractivity contribution in [3.8, 4) is 0 Å². The van der Waals surface area contributed by atoms with Crippen molar-refractivity contribution >= 4 is 5.91 Å². The van der Waals surface area contributed by atoms with Crippen LogP contribution in [0.2, 0.25) is 0 Å². The van der Waals surface area contributed by atoms with Crippen LogP contribution in [-0.4, -0.2) is 61.9 Å². The van der Waals surface area contributed by atoms with Crippen molar-refractivity contribution < 1.29 is 14.3 Å². The highest BCUT2D eigenvalue weighted by atomic mass is 16.5. The van der Waals surface area contributed by atoms with Crippen molar-refractivity contribution in [3.63, 3.8) is 0 Å². The molecular weight excluding hydrogens is 340 g/mol. The van der Waals surface area contributed by atoms with Crippen molar-refractivity contribution in [2.45, 2.75) is 95.7 Å². The quantitative estimate of drug-likeness (QED) is 0.700. The SMILES string of the molecule is CCOCC1CCC(N2CCC(NC(=O)COC3CCCCC3)CC2)CC1.